The second-order valence-electron chi connectivity index (χ2n) is 4.93. The fourth-order valence-corrected chi connectivity index (χ4v) is 2.76. The SMILES string of the molecule is CC(CSc1nc2ncnc(N)c2[nH]1)NC(=O)c1cccnc1. The van der Waals surface area contributed by atoms with E-state index in [1.807, 2.05) is 6.92 Å². The van der Waals surface area contributed by atoms with Crippen LogP contribution in [-0.4, -0.2) is 42.6 Å². The summed E-state index contributed by atoms with van der Waals surface area (Å²) in [4.78, 5) is 31.4. The lowest BCUT2D eigenvalue weighted by atomic mass is 10.2. The van der Waals surface area contributed by atoms with Gasteiger partial charge < -0.3 is 16.0 Å². The predicted octanol–water partition coefficient (Wildman–Crippen LogP) is 1.24. The van der Waals surface area contributed by atoms with Crippen molar-refractivity contribution in [2.45, 2.75) is 18.1 Å². The van der Waals surface area contributed by atoms with Crippen molar-refractivity contribution in [3.8, 4) is 0 Å². The van der Waals surface area contributed by atoms with Gasteiger partial charge in [0.25, 0.3) is 5.91 Å². The first kappa shape index (κ1) is 15.2. The number of nitrogens with one attached hydrogen (secondary N) is 2. The quantitative estimate of drug-likeness (QED) is 0.602. The first-order chi connectivity index (χ1) is 11.1. The molecule has 0 spiro atoms. The molecule has 0 saturated heterocycles. The third kappa shape index (κ3) is 3.57. The molecular formula is C14H15N7OS. The number of hydrogen-bond donors (Lipinski definition) is 3. The second kappa shape index (κ2) is 6.61. The van der Waals surface area contributed by atoms with Gasteiger partial charge in [0.1, 0.15) is 11.8 Å². The number of carbonyl (C=O) groups excluding carboxylic acids is 1. The van der Waals surface area contributed by atoms with Gasteiger partial charge in [-0.1, -0.05) is 11.8 Å². The molecule has 1 atom stereocenters. The van der Waals surface area contributed by atoms with E-state index < -0.39 is 0 Å². The topological polar surface area (TPSA) is 122 Å². The maximum atomic E-state index is 12.0. The molecular weight excluding hydrogens is 314 g/mol. The third-order valence-electron chi connectivity index (χ3n) is 3.07. The minimum Gasteiger partial charge on any atom is -0.382 e. The van der Waals surface area contributed by atoms with Gasteiger partial charge in [-0.15, -0.1) is 0 Å². The van der Waals surface area contributed by atoms with Crippen LogP contribution >= 0.6 is 11.8 Å². The Labute approximate surface area is 136 Å². The number of nitrogen functional groups attached to an aromatic ring is 1. The third-order valence-corrected chi connectivity index (χ3v) is 4.20. The molecule has 0 aromatic carbocycles. The summed E-state index contributed by atoms with van der Waals surface area (Å²) in [7, 11) is 0. The first-order valence-electron chi connectivity index (χ1n) is 6.93. The molecule has 0 aliphatic carbocycles. The lowest BCUT2D eigenvalue weighted by molar-refractivity contribution is 0.0943. The number of aromatic amines is 1. The number of amides is 1. The highest BCUT2D eigenvalue weighted by atomic mass is 32.2. The molecule has 0 saturated carbocycles. The van der Waals surface area contributed by atoms with Crippen molar-refractivity contribution in [2.75, 3.05) is 11.5 Å². The van der Waals surface area contributed by atoms with Gasteiger partial charge in [0, 0.05) is 24.2 Å². The number of nitrogens with two attached hydrogens (primary N) is 1. The summed E-state index contributed by atoms with van der Waals surface area (Å²) in [5.74, 6) is 0.872. The Kier molecular flexibility index (Phi) is 4.38. The number of aromatic nitrogens is 5. The van der Waals surface area contributed by atoms with Gasteiger partial charge in [0.05, 0.1) is 5.56 Å². The van der Waals surface area contributed by atoms with E-state index in [-0.39, 0.29) is 11.9 Å². The largest absolute Gasteiger partial charge is 0.382 e. The fraction of sp³-hybridized carbons (Fsp3) is 0.214. The number of thioether (sulfide) groups is 1. The van der Waals surface area contributed by atoms with Crippen molar-refractivity contribution in [3.05, 3.63) is 36.4 Å². The Morgan fingerprint density at radius 1 is 1.48 bits per heavy atom. The number of anilines is 1. The Hall–Kier alpha value is -2.68. The zero-order valence-corrected chi connectivity index (χ0v) is 13.2. The highest BCUT2D eigenvalue weighted by Gasteiger charge is 2.12. The van der Waals surface area contributed by atoms with Gasteiger partial charge in [-0.05, 0) is 19.1 Å². The second-order valence-corrected chi connectivity index (χ2v) is 5.94. The summed E-state index contributed by atoms with van der Waals surface area (Å²) in [5.41, 5.74) is 7.46. The van der Waals surface area contributed by atoms with E-state index in [1.165, 1.54) is 24.3 Å². The van der Waals surface area contributed by atoms with E-state index in [9.17, 15) is 4.79 Å². The highest BCUT2D eigenvalue weighted by Crippen LogP contribution is 2.21. The van der Waals surface area contributed by atoms with Gasteiger partial charge in [-0.3, -0.25) is 9.78 Å². The average Bonchev–Trinajstić information content (AvgIpc) is 2.98. The van der Waals surface area contributed by atoms with Gasteiger partial charge in [-0.2, -0.15) is 0 Å². The van der Waals surface area contributed by atoms with Crippen molar-refractivity contribution < 1.29 is 4.79 Å². The van der Waals surface area contributed by atoms with Crippen molar-refractivity contribution >= 4 is 34.7 Å². The lowest BCUT2D eigenvalue weighted by Crippen LogP contribution is -2.34. The summed E-state index contributed by atoms with van der Waals surface area (Å²) in [6, 6.07) is 3.42. The van der Waals surface area contributed by atoms with E-state index >= 15 is 0 Å². The molecule has 3 heterocycles. The molecule has 0 aliphatic heterocycles. The number of imidazole rings is 1. The molecule has 0 fully saturated rings. The van der Waals surface area contributed by atoms with Crippen LogP contribution in [0.15, 0.2) is 36.0 Å². The molecule has 0 radical (unpaired) electrons. The summed E-state index contributed by atoms with van der Waals surface area (Å²) >= 11 is 1.48. The Balaban J connectivity index is 1.59. The van der Waals surface area contributed by atoms with Crippen LogP contribution in [0, 0.1) is 0 Å². The molecule has 4 N–H and O–H groups in total. The number of carbonyl (C=O) groups is 1. The van der Waals surface area contributed by atoms with E-state index in [1.54, 1.807) is 18.3 Å². The summed E-state index contributed by atoms with van der Waals surface area (Å²) in [6.45, 7) is 1.93. The normalized spacial score (nSPS) is 12.2. The maximum absolute atomic E-state index is 12.0. The minimum absolute atomic E-state index is 0.0376. The Bertz CT molecular complexity index is 820. The molecule has 1 amide bonds. The lowest BCUT2D eigenvalue weighted by Gasteiger charge is -2.12. The molecule has 1 unspecified atom stereocenters. The van der Waals surface area contributed by atoms with Crippen LogP contribution in [-0.2, 0) is 0 Å². The van der Waals surface area contributed by atoms with E-state index in [0.29, 0.717) is 33.5 Å². The number of pyridine rings is 1. The summed E-state index contributed by atoms with van der Waals surface area (Å²) < 4.78 is 0. The van der Waals surface area contributed by atoms with Crippen molar-refractivity contribution in [1.82, 2.24) is 30.2 Å². The monoisotopic (exact) mass is 329 g/mol. The molecule has 118 valence electrons. The molecule has 23 heavy (non-hydrogen) atoms. The molecule has 3 aromatic rings. The summed E-state index contributed by atoms with van der Waals surface area (Å²) in [5, 5.41) is 3.61. The van der Waals surface area contributed by atoms with Crippen LogP contribution in [0.1, 0.15) is 17.3 Å². The first-order valence-corrected chi connectivity index (χ1v) is 7.92. The fourth-order valence-electron chi connectivity index (χ4n) is 1.94. The molecule has 8 nitrogen and oxygen atoms in total. The van der Waals surface area contributed by atoms with Gasteiger partial charge in [-0.25, -0.2) is 15.0 Å². The van der Waals surface area contributed by atoms with Crippen LogP contribution in [0.5, 0.6) is 0 Å². The summed E-state index contributed by atoms with van der Waals surface area (Å²) in [6.07, 6.45) is 4.55. The van der Waals surface area contributed by atoms with Gasteiger partial charge >= 0.3 is 0 Å². The van der Waals surface area contributed by atoms with Crippen molar-refractivity contribution in [3.63, 3.8) is 0 Å². The maximum Gasteiger partial charge on any atom is 0.253 e. The van der Waals surface area contributed by atoms with E-state index in [2.05, 4.69) is 30.2 Å². The minimum atomic E-state index is -0.147. The van der Waals surface area contributed by atoms with Gasteiger partial charge in [0.2, 0.25) is 0 Å². The zero-order valence-electron chi connectivity index (χ0n) is 12.4. The number of H-pyrrole nitrogens is 1. The van der Waals surface area contributed by atoms with E-state index in [4.69, 9.17) is 5.73 Å². The standard InChI is InChI=1S/C14H15N7OS/c1-8(19-13(22)9-3-2-4-16-5-9)6-23-14-20-10-11(15)17-7-18-12(10)21-14/h2-5,7-8H,6H2,1H3,(H,19,22)(H3,15,17,18,20,21). The zero-order chi connectivity index (χ0) is 16.2. The number of hydrogen-bond acceptors (Lipinski definition) is 7. The van der Waals surface area contributed by atoms with Gasteiger partial charge in [0.15, 0.2) is 16.6 Å². The Morgan fingerprint density at radius 3 is 3.09 bits per heavy atom. The predicted molar refractivity (Wildman–Crippen MR) is 88.0 cm³/mol. The van der Waals surface area contributed by atoms with Crippen LogP contribution < -0.4 is 11.1 Å². The molecule has 3 aromatic heterocycles. The smallest absolute Gasteiger partial charge is 0.253 e. The number of rotatable bonds is 5. The molecule has 0 bridgehead atoms. The van der Waals surface area contributed by atoms with Crippen LogP contribution in [0.4, 0.5) is 5.82 Å². The van der Waals surface area contributed by atoms with Crippen LogP contribution in [0.25, 0.3) is 11.2 Å². The molecule has 3 rings (SSSR count). The van der Waals surface area contributed by atoms with Crippen molar-refractivity contribution in [2.24, 2.45) is 0 Å². The Morgan fingerprint density at radius 2 is 2.35 bits per heavy atom. The number of nitrogens with zero attached hydrogens (tertiary/aromatic N) is 4. The molecule has 9 heteroatoms. The molecule has 0 aliphatic rings. The van der Waals surface area contributed by atoms with E-state index in [0.717, 1.165) is 0 Å². The number of fused-ring (bicyclic) bond motifs is 1. The van der Waals surface area contributed by atoms with Crippen molar-refractivity contribution in [1.29, 1.82) is 0 Å². The van der Waals surface area contributed by atoms with Crippen LogP contribution in [0.2, 0.25) is 0 Å². The van der Waals surface area contributed by atoms with Crippen LogP contribution in [0.3, 0.4) is 0 Å². The highest BCUT2D eigenvalue weighted by molar-refractivity contribution is 7.99. The average molecular weight is 329 g/mol.